The molecule has 5 nitrogen and oxygen atoms in total. The maximum absolute atomic E-state index is 11.9. The molecule has 0 atom stereocenters. The van der Waals surface area contributed by atoms with Gasteiger partial charge >= 0.3 is 0 Å². The number of nitrogens with zero attached hydrogens (tertiary/aromatic N) is 1. The number of aryl methyl sites for hydroxylation is 1. The zero-order chi connectivity index (χ0) is 13.3. The molecule has 0 fully saturated rings. The lowest BCUT2D eigenvalue weighted by Gasteiger charge is -2.08. The molecular formula is C12H14ClN3O2. The molecule has 1 heterocycles. The van der Waals surface area contributed by atoms with Crippen LogP contribution < -0.4 is 16.0 Å². The number of rotatable bonds is 3. The Labute approximate surface area is 109 Å². The van der Waals surface area contributed by atoms with Gasteiger partial charge in [0.1, 0.15) is 5.75 Å². The smallest absolute Gasteiger partial charge is 0.271 e. The van der Waals surface area contributed by atoms with Gasteiger partial charge in [-0.25, -0.2) is 0 Å². The summed E-state index contributed by atoms with van der Waals surface area (Å²) in [5.74, 6) is 0.635. The highest BCUT2D eigenvalue weighted by Crippen LogP contribution is 2.32. The second-order valence-electron chi connectivity index (χ2n) is 3.88. The molecule has 1 aromatic carbocycles. The van der Waals surface area contributed by atoms with Crippen molar-refractivity contribution in [2.75, 3.05) is 7.11 Å². The van der Waals surface area contributed by atoms with Crippen LogP contribution in [0.5, 0.6) is 5.75 Å². The molecule has 2 rings (SSSR count). The van der Waals surface area contributed by atoms with Crippen LogP contribution in [0.25, 0.3) is 11.3 Å². The van der Waals surface area contributed by atoms with Crippen LogP contribution in [0.15, 0.2) is 23.0 Å². The van der Waals surface area contributed by atoms with Gasteiger partial charge in [-0.3, -0.25) is 14.6 Å². The molecule has 18 heavy (non-hydrogen) atoms. The van der Waals surface area contributed by atoms with E-state index in [4.69, 9.17) is 22.1 Å². The van der Waals surface area contributed by atoms with Gasteiger partial charge in [-0.15, -0.1) is 0 Å². The summed E-state index contributed by atoms with van der Waals surface area (Å²) in [7, 11) is 3.21. The third kappa shape index (κ3) is 2.02. The maximum atomic E-state index is 11.9. The van der Waals surface area contributed by atoms with Crippen molar-refractivity contribution >= 4 is 11.6 Å². The molecule has 0 unspecified atom stereocenters. The number of nitrogens with two attached hydrogens (primary N) is 1. The summed E-state index contributed by atoms with van der Waals surface area (Å²) >= 11 is 5.98. The molecule has 0 saturated heterocycles. The Balaban J connectivity index is 2.72. The zero-order valence-corrected chi connectivity index (χ0v) is 10.9. The lowest BCUT2D eigenvalue weighted by atomic mass is 10.1. The van der Waals surface area contributed by atoms with E-state index in [1.54, 1.807) is 32.4 Å². The number of H-pyrrole nitrogens is 1. The van der Waals surface area contributed by atoms with E-state index in [2.05, 4.69) is 5.10 Å². The number of aromatic amines is 1. The van der Waals surface area contributed by atoms with Crippen molar-refractivity contribution in [3.8, 4) is 17.0 Å². The van der Waals surface area contributed by atoms with E-state index in [-0.39, 0.29) is 12.1 Å². The molecule has 0 bridgehead atoms. The van der Waals surface area contributed by atoms with E-state index >= 15 is 0 Å². The number of methoxy groups -OCH3 is 1. The monoisotopic (exact) mass is 267 g/mol. The van der Waals surface area contributed by atoms with Crippen molar-refractivity contribution < 1.29 is 4.74 Å². The quantitative estimate of drug-likeness (QED) is 0.885. The van der Waals surface area contributed by atoms with Crippen molar-refractivity contribution in [3.05, 3.63) is 39.1 Å². The fourth-order valence-electron chi connectivity index (χ4n) is 1.88. The van der Waals surface area contributed by atoms with Crippen molar-refractivity contribution in [1.82, 2.24) is 9.78 Å². The molecule has 0 aliphatic rings. The summed E-state index contributed by atoms with van der Waals surface area (Å²) in [4.78, 5) is 11.9. The molecule has 6 heteroatoms. The number of benzene rings is 1. The summed E-state index contributed by atoms with van der Waals surface area (Å²) in [6.07, 6.45) is 0. The lowest BCUT2D eigenvalue weighted by Crippen LogP contribution is -2.17. The third-order valence-corrected chi connectivity index (χ3v) is 3.01. The molecule has 3 N–H and O–H groups in total. The molecule has 0 saturated carbocycles. The first kappa shape index (κ1) is 12.7. The van der Waals surface area contributed by atoms with Gasteiger partial charge in [0.2, 0.25) is 0 Å². The summed E-state index contributed by atoms with van der Waals surface area (Å²) in [6, 6.07) is 5.22. The molecule has 0 aliphatic carbocycles. The van der Waals surface area contributed by atoms with Gasteiger partial charge < -0.3 is 10.5 Å². The summed E-state index contributed by atoms with van der Waals surface area (Å²) < 4.78 is 6.66. The van der Waals surface area contributed by atoms with E-state index in [1.165, 1.54) is 4.68 Å². The minimum Gasteiger partial charge on any atom is -0.496 e. The van der Waals surface area contributed by atoms with Crippen LogP contribution in [-0.2, 0) is 13.6 Å². The molecule has 0 radical (unpaired) electrons. The van der Waals surface area contributed by atoms with Crippen molar-refractivity contribution in [2.24, 2.45) is 12.8 Å². The first-order valence-electron chi connectivity index (χ1n) is 5.40. The van der Waals surface area contributed by atoms with Crippen LogP contribution in [0.1, 0.15) is 5.56 Å². The van der Waals surface area contributed by atoms with E-state index in [1.807, 2.05) is 0 Å². The Bertz CT molecular complexity index is 631. The molecule has 1 aromatic heterocycles. The van der Waals surface area contributed by atoms with Crippen LogP contribution >= 0.6 is 11.6 Å². The standard InChI is InChI=1S/C12H14ClN3O2/c1-16-12(17)9(6-14)11(15-16)8-5-7(13)3-4-10(8)18-2/h3-5,15H,6,14H2,1-2H3. The van der Waals surface area contributed by atoms with E-state index in [0.717, 1.165) is 5.56 Å². The minimum absolute atomic E-state index is 0.144. The maximum Gasteiger partial charge on any atom is 0.271 e. The van der Waals surface area contributed by atoms with Gasteiger partial charge in [-0.2, -0.15) is 0 Å². The predicted octanol–water partition coefficient (Wildman–Crippen LogP) is 1.50. The van der Waals surface area contributed by atoms with Gasteiger partial charge in [-0.1, -0.05) is 11.6 Å². The Morgan fingerprint density at radius 3 is 2.83 bits per heavy atom. The molecule has 0 aliphatic heterocycles. The van der Waals surface area contributed by atoms with Gasteiger partial charge in [0.15, 0.2) is 0 Å². The van der Waals surface area contributed by atoms with Gasteiger partial charge in [0.05, 0.1) is 18.4 Å². The summed E-state index contributed by atoms with van der Waals surface area (Å²) in [6.45, 7) is 0.154. The molecule has 2 aromatic rings. The van der Waals surface area contributed by atoms with Gasteiger partial charge in [0.25, 0.3) is 5.56 Å². The molecular weight excluding hydrogens is 254 g/mol. The van der Waals surface area contributed by atoms with E-state index in [0.29, 0.717) is 22.0 Å². The number of hydrogen-bond acceptors (Lipinski definition) is 3. The zero-order valence-electron chi connectivity index (χ0n) is 10.2. The summed E-state index contributed by atoms with van der Waals surface area (Å²) in [5, 5.41) is 3.54. The van der Waals surface area contributed by atoms with Crippen LogP contribution in [-0.4, -0.2) is 16.9 Å². The van der Waals surface area contributed by atoms with Crippen LogP contribution in [0.2, 0.25) is 5.02 Å². The van der Waals surface area contributed by atoms with Gasteiger partial charge in [0, 0.05) is 24.2 Å². The SMILES string of the molecule is COc1ccc(Cl)cc1-c1[nH]n(C)c(=O)c1CN. The number of halogens is 1. The van der Waals surface area contributed by atoms with Crippen LogP contribution in [0.3, 0.4) is 0 Å². The Morgan fingerprint density at radius 1 is 1.50 bits per heavy atom. The number of hydrogen-bond donors (Lipinski definition) is 2. The average Bonchev–Trinajstić information content (AvgIpc) is 2.65. The fraction of sp³-hybridized carbons (Fsp3) is 0.250. The van der Waals surface area contributed by atoms with Crippen molar-refractivity contribution in [2.45, 2.75) is 6.54 Å². The van der Waals surface area contributed by atoms with Crippen LogP contribution in [0.4, 0.5) is 0 Å². The lowest BCUT2D eigenvalue weighted by molar-refractivity contribution is 0.416. The highest BCUT2D eigenvalue weighted by Gasteiger charge is 2.16. The number of nitrogens with one attached hydrogen (secondary N) is 1. The van der Waals surface area contributed by atoms with Crippen molar-refractivity contribution in [1.29, 1.82) is 0 Å². The van der Waals surface area contributed by atoms with Gasteiger partial charge in [-0.05, 0) is 18.2 Å². The first-order chi connectivity index (χ1) is 8.58. The number of ether oxygens (including phenoxy) is 1. The Morgan fingerprint density at radius 2 is 2.22 bits per heavy atom. The topological polar surface area (TPSA) is 73.0 Å². The van der Waals surface area contributed by atoms with E-state index in [9.17, 15) is 4.79 Å². The van der Waals surface area contributed by atoms with Crippen molar-refractivity contribution in [3.63, 3.8) is 0 Å². The van der Waals surface area contributed by atoms with E-state index < -0.39 is 0 Å². The predicted molar refractivity (Wildman–Crippen MR) is 70.9 cm³/mol. The fourth-order valence-corrected chi connectivity index (χ4v) is 2.06. The normalized spacial score (nSPS) is 10.7. The third-order valence-electron chi connectivity index (χ3n) is 2.78. The first-order valence-corrected chi connectivity index (χ1v) is 5.78. The summed E-state index contributed by atoms with van der Waals surface area (Å²) in [5.41, 5.74) is 7.36. The average molecular weight is 268 g/mol. The number of aromatic nitrogens is 2. The molecule has 96 valence electrons. The largest absolute Gasteiger partial charge is 0.496 e. The Kier molecular flexibility index (Phi) is 3.45. The molecule has 0 amide bonds. The second kappa shape index (κ2) is 4.88. The van der Waals surface area contributed by atoms with Crippen LogP contribution in [0, 0.1) is 0 Å². The highest BCUT2D eigenvalue weighted by molar-refractivity contribution is 6.31. The minimum atomic E-state index is -0.144. The highest BCUT2D eigenvalue weighted by atomic mass is 35.5. The second-order valence-corrected chi connectivity index (χ2v) is 4.31. The molecule has 0 spiro atoms. The Hall–Kier alpha value is -1.72.